The number of hydrogen-bond donors (Lipinski definition) is 1. The van der Waals surface area contributed by atoms with Gasteiger partial charge in [-0.05, 0) is 62.3 Å². The summed E-state index contributed by atoms with van der Waals surface area (Å²) in [4.78, 5) is 29.0. The lowest BCUT2D eigenvalue weighted by Crippen LogP contribution is -2.40. The Kier molecular flexibility index (Phi) is 6.76. The lowest BCUT2D eigenvalue weighted by atomic mass is 9.95. The van der Waals surface area contributed by atoms with Gasteiger partial charge in [-0.1, -0.05) is 29.8 Å². The molecule has 1 aliphatic carbocycles. The molecule has 7 heteroatoms. The Balaban J connectivity index is 1.47. The molecule has 1 aliphatic heterocycles. The van der Waals surface area contributed by atoms with Gasteiger partial charge in [-0.25, -0.2) is 4.79 Å². The van der Waals surface area contributed by atoms with E-state index in [1.807, 2.05) is 24.3 Å². The van der Waals surface area contributed by atoms with Gasteiger partial charge < -0.3 is 10.1 Å². The Labute approximate surface area is 186 Å². The molecular weight excluding hydrogens is 420 g/mol. The summed E-state index contributed by atoms with van der Waals surface area (Å²) in [6.45, 7) is 2.38. The van der Waals surface area contributed by atoms with E-state index < -0.39 is 0 Å². The van der Waals surface area contributed by atoms with Crippen molar-refractivity contribution in [3.63, 3.8) is 0 Å². The van der Waals surface area contributed by atoms with Gasteiger partial charge in [0, 0.05) is 23.0 Å². The van der Waals surface area contributed by atoms with Crippen LogP contribution in [0.2, 0.25) is 5.02 Å². The Morgan fingerprint density at radius 2 is 2.03 bits per heavy atom. The molecule has 1 aromatic heterocycles. The molecule has 5 nitrogen and oxygen atoms in total. The number of carbonyl (C=O) groups excluding carboxylic acids is 2. The van der Waals surface area contributed by atoms with Crippen LogP contribution in [0.5, 0.6) is 0 Å². The molecule has 1 saturated heterocycles. The van der Waals surface area contributed by atoms with E-state index >= 15 is 0 Å². The zero-order valence-electron chi connectivity index (χ0n) is 17.2. The number of nitrogens with one attached hydrogen (secondary N) is 1. The molecule has 1 unspecified atom stereocenters. The molecule has 2 heterocycles. The van der Waals surface area contributed by atoms with Gasteiger partial charge in [0.25, 0.3) is 0 Å². The topological polar surface area (TPSA) is 58.6 Å². The fourth-order valence-corrected chi connectivity index (χ4v) is 5.94. The van der Waals surface area contributed by atoms with Gasteiger partial charge in [0.2, 0.25) is 5.91 Å². The van der Waals surface area contributed by atoms with E-state index in [4.69, 9.17) is 16.3 Å². The number of aryl methyl sites for hydroxylation is 1. The third-order valence-electron chi connectivity index (χ3n) is 6.03. The molecule has 4 rings (SSSR count). The van der Waals surface area contributed by atoms with E-state index in [0.29, 0.717) is 17.1 Å². The predicted molar refractivity (Wildman–Crippen MR) is 120 cm³/mol. The SMILES string of the molecule is COC(=O)c1c(NC(=O)C2CCCN(Cc3ccccc3Cl)C2)sc2c1CCCC2. The van der Waals surface area contributed by atoms with Crippen molar-refractivity contribution >= 4 is 39.8 Å². The Morgan fingerprint density at radius 3 is 2.83 bits per heavy atom. The van der Waals surface area contributed by atoms with E-state index in [9.17, 15) is 9.59 Å². The number of likely N-dealkylation sites (tertiary alicyclic amines) is 1. The highest BCUT2D eigenvalue weighted by Crippen LogP contribution is 2.39. The van der Waals surface area contributed by atoms with E-state index in [2.05, 4.69) is 10.2 Å². The van der Waals surface area contributed by atoms with Crippen molar-refractivity contribution in [2.75, 3.05) is 25.5 Å². The zero-order chi connectivity index (χ0) is 21.1. The van der Waals surface area contributed by atoms with Crippen molar-refractivity contribution in [1.29, 1.82) is 0 Å². The van der Waals surface area contributed by atoms with E-state index in [1.54, 1.807) is 0 Å². The van der Waals surface area contributed by atoms with Crippen molar-refractivity contribution in [2.24, 2.45) is 5.92 Å². The summed E-state index contributed by atoms with van der Waals surface area (Å²) in [5, 5.41) is 4.49. The Hall–Kier alpha value is -1.89. The highest BCUT2D eigenvalue weighted by Gasteiger charge is 2.30. The minimum atomic E-state index is -0.353. The van der Waals surface area contributed by atoms with Gasteiger partial charge in [0.1, 0.15) is 5.00 Å². The first kappa shape index (κ1) is 21.3. The smallest absolute Gasteiger partial charge is 0.341 e. The molecule has 1 fully saturated rings. The van der Waals surface area contributed by atoms with E-state index in [-0.39, 0.29) is 17.8 Å². The molecule has 0 spiro atoms. The van der Waals surface area contributed by atoms with Crippen LogP contribution < -0.4 is 5.32 Å². The van der Waals surface area contributed by atoms with Crippen molar-refractivity contribution in [3.05, 3.63) is 50.9 Å². The van der Waals surface area contributed by atoms with Crippen LogP contribution in [0.4, 0.5) is 5.00 Å². The summed E-state index contributed by atoms with van der Waals surface area (Å²) in [5.41, 5.74) is 2.71. The molecule has 0 radical (unpaired) electrons. The van der Waals surface area contributed by atoms with Crippen molar-refractivity contribution in [2.45, 2.75) is 45.1 Å². The van der Waals surface area contributed by atoms with Gasteiger partial charge in [-0.2, -0.15) is 0 Å². The lowest BCUT2D eigenvalue weighted by Gasteiger charge is -2.32. The molecule has 1 atom stereocenters. The molecule has 2 aromatic rings. The molecule has 1 N–H and O–H groups in total. The number of carbonyl (C=O) groups is 2. The summed E-state index contributed by atoms with van der Waals surface area (Å²) >= 11 is 7.85. The van der Waals surface area contributed by atoms with Crippen LogP contribution in [0.15, 0.2) is 24.3 Å². The second-order valence-corrected chi connectivity index (χ2v) is 9.57. The van der Waals surface area contributed by atoms with Crippen LogP contribution in [0.3, 0.4) is 0 Å². The first-order valence-electron chi connectivity index (χ1n) is 10.6. The van der Waals surface area contributed by atoms with Crippen LogP contribution in [0, 0.1) is 5.92 Å². The second kappa shape index (κ2) is 9.50. The average molecular weight is 447 g/mol. The minimum Gasteiger partial charge on any atom is -0.465 e. The maximum absolute atomic E-state index is 13.1. The fourth-order valence-electron chi connectivity index (χ4n) is 4.47. The van der Waals surface area contributed by atoms with Gasteiger partial charge >= 0.3 is 5.97 Å². The molecule has 0 saturated carbocycles. The average Bonchev–Trinajstić information content (AvgIpc) is 3.13. The van der Waals surface area contributed by atoms with E-state index in [1.165, 1.54) is 23.3 Å². The lowest BCUT2D eigenvalue weighted by molar-refractivity contribution is -0.121. The monoisotopic (exact) mass is 446 g/mol. The number of ether oxygens (including phenoxy) is 1. The number of rotatable bonds is 5. The zero-order valence-corrected chi connectivity index (χ0v) is 18.8. The van der Waals surface area contributed by atoms with Gasteiger partial charge in [-0.15, -0.1) is 11.3 Å². The van der Waals surface area contributed by atoms with Crippen molar-refractivity contribution < 1.29 is 14.3 Å². The number of hydrogen-bond acceptors (Lipinski definition) is 5. The van der Waals surface area contributed by atoms with Crippen molar-refractivity contribution in [3.8, 4) is 0 Å². The maximum Gasteiger partial charge on any atom is 0.341 e. The van der Waals surface area contributed by atoms with Crippen LogP contribution in [-0.4, -0.2) is 37.0 Å². The molecule has 0 bridgehead atoms. The molecule has 30 heavy (non-hydrogen) atoms. The minimum absolute atomic E-state index is 0.0115. The quantitative estimate of drug-likeness (QED) is 0.662. The maximum atomic E-state index is 13.1. The standard InChI is InChI=1S/C23H27ClN2O3S/c1-29-23(28)20-17-9-3-5-11-19(17)30-22(20)25-21(27)16-8-6-12-26(14-16)13-15-7-2-4-10-18(15)24/h2,4,7,10,16H,3,5-6,8-9,11-14H2,1H3,(H,25,27). The van der Waals surface area contributed by atoms with Crippen molar-refractivity contribution in [1.82, 2.24) is 4.90 Å². The highest BCUT2D eigenvalue weighted by atomic mass is 35.5. The molecular formula is C23H27ClN2O3S. The Morgan fingerprint density at radius 1 is 1.23 bits per heavy atom. The summed E-state index contributed by atoms with van der Waals surface area (Å²) in [6.07, 6.45) is 5.86. The molecule has 1 aromatic carbocycles. The van der Waals surface area contributed by atoms with E-state index in [0.717, 1.165) is 67.8 Å². The highest BCUT2D eigenvalue weighted by molar-refractivity contribution is 7.17. The van der Waals surface area contributed by atoms with Gasteiger partial charge in [0.15, 0.2) is 0 Å². The summed E-state index contributed by atoms with van der Waals surface area (Å²) in [6, 6.07) is 7.85. The normalized spacial score (nSPS) is 19.2. The number of nitrogens with zero attached hydrogens (tertiary/aromatic N) is 1. The van der Waals surface area contributed by atoms with Gasteiger partial charge in [0.05, 0.1) is 18.6 Å². The third-order valence-corrected chi connectivity index (χ3v) is 7.60. The number of thiophene rings is 1. The van der Waals surface area contributed by atoms with Crippen LogP contribution in [0.1, 0.15) is 52.0 Å². The molecule has 1 amide bonds. The number of esters is 1. The summed E-state index contributed by atoms with van der Waals surface area (Å²) in [5.74, 6) is -0.470. The number of piperidine rings is 1. The third kappa shape index (κ3) is 4.56. The second-order valence-electron chi connectivity index (χ2n) is 8.06. The summed E-state index contributed by atoms with van der Waals surface area (Å²) < 4.78 is 5.02. The summed E-state index contributed by atoms with van der Waals surface area (Å²) in [7, 11) is 1.40. The number of benzene rings is 1. The predicted octanol–water partition coefficient (Wildman–Crippen LogP) is 4.92. The number of methoxy groups -OCH3 is 1. The number of fused-ring (bicyclic) bond motifs is 1. The first-order chi connectivity index (χ1) is 14.6. The molecule has 160 valence electrons. The number of amides is 1. The largest absolute Gasteiger partial charge is 0.465 e. The van der Waals surface area contributed by atoms with Crippen LogP contribution >= 0.6 is 22.9 Å². The van der Waals surface area contributed by atoms with Crippen LogP contribution in [0.25, 0.3) is 0 Å². The number of anilines is 1. The fraction of sp³-hybridized carbons (Fsp3) is 0.478. The molecule has 2 aliphatic rings. The van der Waals surface area contributed by atoms with Crippen LogP contribution in [-0.2, 0) is 28.9 Å². The van der Waals surface area contributed by atoms with Gasteiger partial charge in [-0.3, -0.25) is 9.69 Å². The number of halogens is 1. The Bertz CT molecular complexity index is 943. The first-order valence-corrected chi connectivity index (χ1v) is 11.8.